The maximum absolute atomic E-state index is 13.0. The second-order valence-corrected chi connectivity index (χ2v) is 7.33. The number of hydrogen-bond acceptors (Lipinski definition) is 5. The van der Waals surface area contributed by atoms with Crippen molar-refractivity contribution in [3.8, 4) is 5.75 Å². The van der Waals surface area contributed by atoms with Crippen LogP contribution in [0, 0.1) is 12.7 Å². The van der Waals surface area contributed by atoms with Gasteiger partial charge in [0.25, 0.3) is 17.1 Å². The molecule has 2 aromatic rings. The van der Waals surface area contributed by atoms with Crippen molar-refractivity contribution in [3.63, 3.8) is 0 Å². The minimum atomic E-state index is -0.436. The minimum Gasteiger partial charge on any atom is -0.484 e. The Morgan fingerprint density at radius 3 is 2.69 bits per heavy atom. The fourth-order valence-corrected chi connectivity index (χ4v) is 3.48. The third kappa shape index (κ3) is 5.68. The molecule has 29 heavy (non-hydrogen) atoms. The zero-order valence-corrected chi connectivity index (χ0v) is 16.5. The molecular formula is C21H19FN2O4S. The van der Waals surface area contributed by atoms with Crippen LogP contribution >= 0.6 is 11.8 Å². The van der Waals surface area contributed by atoms with Crippen LogP contribution in [0.15, 0.2) is 53.4 Å². The Bertz CT molecular complexity index is 959. The van der Waals surface area contributed by atoms with Crippen molar-refractivity contribution in [1.29, 1.82) is 0 Å². The summed E-state index contributed by atoms with van der Waals surface area (Å²) in [6.45, 7) is 1.95. The van der Waals surface area contributed by atoms with Crippen LogP contribution < -0.4 is 10.1 Å². The number of nitrogens with one attached hydrogen (secondary N) is 1. The second-order valence-electron chi connectivity index (χ2n) is 6.34. The van der Waals surface area contributed by atoms with Crippen molar-refractivity contribution in [2.24, 2.45) is 0 Å². The molecule has 1 fully saturated rings. The number of halogens is 1. The Hall–Kier alpha value is -3.13. The van der Waals surface area contributed by atoms with Crippen LogP contribution in [0.2, 0.25) is 0 Å². The first-order valence-electron chi connectivity index (χ1n) is 8.89. The lowest BCUT2D eigenvalue weighted by atomic mass is 10.2. The van der Waals surface area contributed by atoms with E-state index in [1.54, 1.807) is 12.1 Å². The molecule has 0 atom stereocenters. The maximum atomic E-state index is 13.0. The molecular weight excluding hydrogens is 395 g/mol. The summed E-state index contributed by atoms with van der Waals surface area (Å²) >= 11 is 0.816. The van der Waals surface area contributed by atoms with E-state index in [-0.39, 0.29) is 36.3 Å². The predicted molar refractivity (Wildman–Crippen MR) is 109 cm³/mol. The molecule has 1 saturated heterocycles. The molecule has 1 heterocycles. The maximum Gasteiger partial charge on any atom is 0.293 e. The lowest BCUT2D eigenvalue weighted by molar-refractivity contribution is -0.125. The molecule has 0 bridgehead atoms. The first-order valence-corrected chi connectivity index (χ1v) is 9.71. The molecule has 0 spiro atoms. The Balaban J connectivity index is 1.47. The molecule has 3 amide bonds. The van der Waals surface area contributed by atoms with Crippen LogP contribution in [0.4, 0.5) is 9.18 Å². The summed E-state index contributed by atoms with van der Waals surface area (Å²) < 4.78 is 18.4. The van der Waals surface area contributed by atoms with Gasteiger partial charge in [0, 0.05) is 13.1 Å². The van der Waals surface area contributed by atoms with E-state index in [9.17, 15) is 18.8 Å². The van der Waals surface area contributed by atoms with Gasteiger partial charge >= 0.3 is 0 Å². The lowest BCUT2D eigenvalue weighted by Gasteiger charge is -2.13. The number of hydrogen-bond donors (Lipinski definition) is 1. The van der Waals surface area contributed by atoms with E-state index >= 15 is 0 Å². The number of carbonyl (C=O) groups excluding carboxylic acids is 3. The molecule has 150 valence electrons. The average Bonchev–Trinajstić information content (AvgIpc) is 2.95. The first-order chi connectivity index (χ1) is 13.9. The van der Waals surface area contributed by atoms with Crippen LogP contribution in [-0.2, 0) is 9.59 Å². The molecule has 0 unspecified atom stereocenters. The van der Waals surface area contributed by atoms with Crippen LogP contribution in [-0.4, -0.2) is 41.6 Å². The number of amides is 3. The second kappa shape index (κ2) is 9.38. The van der Waals surface area contributed by atoms with Crippen molar-refractivity contribution >= 4 is 34.9 Å². The fraction of sp³-hybridized carbons (Fsp3) is 0.190. The number of carbonyl (C=O) groups is 3. The number of ether oxygens (including phenoxy) is 1. The van der Waals surface area contributed by atoms with Gasteiger partial charge in [-0.25, -0.2) is 4.39 Å². The van der Waals surface area contributed by atoms with Crippen LogP contribution in [0.25, 0.3) is 6.08 Å². The highest BCUT2D eigenvalue weighted by Gasteiger charge is 2.34. The molecule has 6 nitrogen and oxygen atoms in total. The van der Waals surface area contributed by atoms with Crippen molar-refractivity contribution in [1.82, 2.24) is 10.2 Å². The van der Waals surface area contributed by atoms with Crippen molar-refractivity contribution < 1.29 is 23.5 Å². The van der Waals surface area contributed by atoms with Gasteiger partial charge in [-0.1, -0.05) is 24.3 Å². The van der Waals surface area contributed by atoms with Gasteiger partial charge in [0.2, 0.25) is 0 Å². The molecule has 8 heteroatoms. The summed E-state index contributed by atoms with van der Waals surface area (Å²) in [5.41, 5.74) is 1.65. The monoisotopic (exact) mass is 414 g/mol. The van der Waals surface area contributed by atoms with Gasteiger partial charge in [-0.3, -0.25) is 19.3 Å². The Morgan fingerprint density at radius 1 is 1.21 bits per heavy atom. The summed E-state index contributed by atoms with van der Waals surface area (Å²) in [5.74, 6) is -0.565. The highest BCUT2D eigenvalue weighted by Crippen LogP contribution is 2.31. The van der Waals surface area contributed by atoms with Gasteiger partial charge in [-0.05, 0) is 60.2 Å². The van der Waals surface area contributed by atoms with Gasteiger partial charge in [0.15, 0.2) is 6.61 Å². The van der Waals surface area contributed by atoms with E-state index in [4.69, 9.17) is 4.74 Å². The van der Waals surface area contributed by atoms with Crippen molar-refractivity contribution in [3.05, 3.63) is 70.4 Å². The molecule has 0 saturated carbocycles. The van der Waals surface area contributed by atoms with Crippen LogP contribution in [0.1, 0.15) is 11.1 Å². The van der Waals surface area contributed by atoms with Crippen molar-refractivity contribution in [2.45, 2.75) is 6.92 Å². The van der Waals surface area contributed by atoms with Gasteiger partial charge < -0.3 is 10.1 Å². The summed E-state index contributed by atoms with van der Waals surface area (Å²) in [6, 6.07) is 13.0. The van der Waals surface area contributed by atoms with Crippen molar-refractivity contribution in [2.75, 3.05) is 19.7 Å². The average molecular weight is 414 g/mol. The first kappa shape index (κ1) is 20.6. The smallest absolute Gasteiger partial charge is 0.293 e. The summed E-state index contributed by atoms with van der Waals surface area (Å²) in [6.07, 6.45) is 1.54. The van der Waals surface area contributed by atoms with Crippen LogP contribution in [0.3, 0.4) is 0 Å². The Kier molecular flexibility index (Phi) is 6.66. The third-order valence-electron chi connectivity index (χ3n) is 4.06. The number of rotatable bonds is 7. The molecule has 1 aliphatic heterocycles. The zero-order chi connectivity index (χ0) is 20.8. The summed E-state index contributed by atoms with van der Waals surface area (Å²) in [4.78, 5) is 37.7. The highest BCUT2D eigenvalue weighted by atomic mass is 32.2. The molecule has 0 aliphatic carbocycles. The summed E-state index contributed by atoms with van der Waals surface area (Å²) in [7, 11) is 0. The molecule has 0 radical (unpaired) electrons. The number of nitrogens with zero attached hydrogens (tertiary/aromatic N) is 1. The Labute approximate surface area is 171 Å². The van der Waals surface area contributed by atoms with E-state index in [1.165, 1.54) is 24.3 Å². The van der Waals surface area contributed by atoms with E-state index in [2.05, 4.69) is 5.32 Å². The fourth-order valence-electron chi connectivity index (χ4n) is 2.62. The van der Waals surface area contributed by atoms with Gasteiger partial charge in [0.1, 0.15) is 11.6 Å². The molecule has 0 aromatic heterocycles. The van der Waals surface area contributed by atoms with Crippen LogP contribution in [0.5, 0.6) is 5.75 Å². The standard InChI is InChI=1S/C21H19FN2O4S/c1-14-3-2-4-17(11-14)28-13-19(25)23-9-10-24-20(26)18(29-21(24)27)12-15-5-7-16(22)8-6-15/h2-8,11-12H,9-10,13H2,1H3,(H,23,25)/b18-12-. The largest absolute Gasteiger partial charge is 0.484 e. The van der Waals surface area contributed by atoms with E-state index in [0.29, 0.717) is 11.3 Å². The Morgan fingerprint density at radius 2 is 1.97 bits per heavy atom. The minimum absolute atomic E-state index is 0.0572. The number of benzene rings is 2. The topological polar surface area (TPSA) is 75.7 Å². The quantitative estimate of drug-likeness (QED) is 0.703. The van der Waals surface area contributed by atoms with E-state index < -0.39 is 11.1 Å². The number of thioether (sulfide) groups is 1. The van der Waals surface area contributed by atoms with Gasteiger partial charge in [0.05, 0.1) is 4.91 Å². The SMILES string of the molecule is Cc1cccc(OCC(=O)NCCN2C(=O)S/C(=C\c3ccc(F)cc3)C2=O)c1. The van der Waals surface area contributed by atoms with Gasteiger partial charge in [-0.2, -0.15) is 0 Å². The highest BCUT2D eigenvalue weighted by molar-refractivity contribution is 8.18. The normalized spacial score (nSPS) is 15.1. The third-order valence-corrected chi connectivity index (χ3v) is 4.97. The number of aryl methyl sites for hydroxylation is 1. The van der Waals surface area contributed by atoms with E-state index in [0.717, 1.165) is 22.2 Å². The molecule has 3 rings (SSSR count). The summed E-state index contributed by atoms with van der Waals surface area (Å²) in [5, 5.41) is 2.22. The number of imide groups is 1. The molecule has 1 aliphatic rings. The van der Waals surface area contributed by atoms with E-state index in [1.807, 2.05) is 25.1 Å². The predicted octanol–water partition coefficient (Wildman–Crippen LogP) is 3.37. The van der Waals surface area contributed by atoms with Gasteiger partial charge in [-0.15, -0.1) is 0 Å². The zero-order valence-electron chi connectivity index (χ0n) is 15.7. The molecule has 1 N–H and O–H groups in total. The lowest BCUT2D eigenvalue weighted by Crippen LogP contribution is -2.38. The molecule has 2 aromatic carbocycles.